The van der Waals surface area contributed by atoms with Crippen molar-refractivity contribution in [1.82, 2.24) is 9.80 Å². The molecular weight excluding hydrogens is 228 g/mol. The van der Waals surface area contributed by atoms with Gasteiger partial charge in [0.25, 0.3) is 0 Å². The van der Waals surface area contributed by atoms with Crippen LogP contribution >= 0.6 is 0 Å². The highest BCUT2D eigenvalue weighted by Crippen LogP contribution is 2.20. The summed E-state index contributed by atoms with van der Waals surface area (Å²) < 4.78 is 0. The lowest BCUT2D eigenvalue weighted by Crippen LogP contribution is -2.54. The molecule has 0 aromatic rings. The minimum absolute atomic E-state index is 0.0532. The van der Waals surface area contributed by atoms with E-state index >= 15 is 0 Å². The second-order valence-corrected chi connectivity index (χ2v) is 5.50. The van der Waals surface area contributed by atoms with Crippen LogP contribution < -0.4 is 0 Å². The third-order valence-corrected chi connectivity index (χ3v) is 4.27. The summed E-state index contributed by atoms with van der Waals surface area (Å²) in [4.78, 5) is 27.6. The number of carbonyl (C=O) groups excluding carboxylic acids is 2. The van der Waals surface area contributed by atoms with E-state index in [2.05, 4.69) is 4.90 Å². The summed E-state index contributed by atoms with van der Waals surface area (Å²) >= 11 is 0. The first-order chi connectivity index (χ1) is 8.74. The monoisotopic (exact) mass is 252 g/mol. The largest absolute Gasteiger partial charge is 0.341 e. The molecule has 4 nitrogen and oxygen atoms in total. The van der Waals surface area contributed by atoms with Crippen LogP contribution in [-0.2, 0) is 9.59 Å². The third-order valence-electron chi connectivity index (χ3n) is 4.27. The van der Waals surface area contributed by atoms with E-state index in [4.69, 9.17) is 0 Å². The van der Waals surface area contributed by atoms with Crippen LogP contribution in [0.1, 0.15) is 45.4 Å². The van der Waals surface area contributed by atoms with E-state index in [0.717, 1.165) is 58.0 Å². The zero-order chi connectivity index (χ0) is 13.0. The molecule has 2 heterocycles. The molecule has 0 radical (unpaired) electrons. The number of piperidine rings is 2. The van der Waals surface area contributed by atoms with E-state index in [1.54, 1.807) is 0 Å². The smallest absolute Gasteiger partial charge is 0.239 e. The number of hydrogen-bond donors (Lipinski definition) is 0. The van der Waals surface area contributed by atoms with Crippen molar-refractivity contribution in [2.24, 2.45) is 0 Å². The highest BCUT2D eigenvalue weighted by Gasteiger charge is 2.32. The number of carbonyl (C=O) groups is 2. The molecule has 2 rings (SSSR count). The zero-order valence-corrected chi connectivity index (χ0v) is 11.3. The Labute approximate surface area is 109 Å². The van der Waals surface area contributed by atoms with Gasteiger partial charge >= 0.3 is 0 Å². The molecule has 4 heteroatoms. The highest BCUT2D eigenvalue weighted by atomic mass is 16.2. The number of rotatable bonds is 3. The maximum atomic E-state index is 12.4. The average molecular weight is 252 g/mol. The lowest BCUT2D eigenvalue weighted by Gasteiger charge is -2.39. The number of nitrogens with zero attached hydrogens (tertiary/aromatic N) is 2. The Hall–Kier alpha value is -0.900. The molecule has 0 bridgehead atoms. The van der Waals surface area contributed by atoms with E-state index in [1.807, 2.05) is 11.8 Å². The fourth-order valence-corrected chi connectivity index (χ4v) is 3.13. The zero-order valence-electron chi connectivity index (χ0n) is 11.3. The van der Waals surface area contributed by atoms with Gasteiger partial charge in [-0.1, -0.05) is 6.42 Å². The van der Waals surface area contributed by atoms with Crippen LogP contribution in [0.4, 0.5) is 0 Å². The summed E-state index contributed by atoms with van der Waals surface area (Å²) in [5.41, 5.74) is 0. The second-order valence-electron chi connectivity index (χ2n) is 5.50. The Bertz CT molecular complexity index is 300. The molecule has 2 unspecified atom stereocenters. The summed E-state index contributed by atoms with van der Waals surface area (Å²) in [6, 6.07) is -0.193. The molecule has 0 N–H and O–H groups in total. The second kappa shape index (κ2) is 6.32. The van der Waals surface area contributed by atoms with Gasteiger partial charge in [-0.2, -0.15) is 0 Å². The van der Waals surface area contributed by atoms with Crippen LogP contribution in [0.15, 0.2) is 0 Å². The lowest BCUT2D eigenvalue weighted by atomic mass is 10.0. The molecule has 0 aliphatic carbocycles. The molecular formula is C14H24N2O2. The Morgan fingerprint density at radius 2 is 1.78 bits per heavy atom. The highest BCUT2D eigenvalue weighted by molar-refractivity contribution is 5.82. The summed E-state index contributed by atoms with van der Waals surface area (Å²) in [5, 5.41) is 0. The van der Waals surface area contributed by atoms with Gasteiger partial charge in [0.15, 0.2) is 0 Å². The molecule has 2 fully saturated rings. The number of amides is 1. The van der Waals surface area contributed by atoms with Gasteiger partial charge in [0.2, 0.25) is 5.91 Å². The van der Waals surface area contributed by atoms with Gasteiger partial charge in [0.1, 0.15) is 6.29 Å². The molecule has 0 saturated carbocycles. The van der Waals surface area contributed by atoms with Crippen LogP contribution in [0, 0.1) is 0 Å². The average Bonchev–Trinajstić information content (AvgIpc) is 2.46. The molecule has 2 atom stereocenters. The van der Waals surface area contributed by atoms with Gasteiger partial charge < -0.3 is 9.69 Å². The SMILES string of the molecule is CC(C(=O)N1CCCCC1)N1CCCCC1C=O. The molecule has 1 amide bonds. The Morgan fingerprint density at radius 1 is 1.11 bits per heavy atom. The molecule has 2 saturated heterocycles. The molecule has 18 heavy (non-hydrogen) atoms. The Morgan fingerprint density at radius 3 is 2.44 bits per heavy atom. The van der Waals surface area contributed by atoms with Crippen molar-refractivity contribution in [2.45, 2.75) is 57.5 Å². The van der Waals surface area contributed by atoms with Crippen LogP contribution in [0.5, 0.6) is 0 Å². The maximum Gasteiger partial charge on any atom is 0.239 e. The van der Waals surface area contributed by atoms with Crippen LogP contribution in [-0.4, -0.2) is 53.7 Å². The molecule has 0 aromatic heterocycles. The van der Waals surface area contributed by atoms with Crippen molar-refractivity contribution in [1.29, 1.82) is 0 Å². The molecule has 0 aromatic carbocycles. The normalized spacial score (nSPS) is 27.8. The molecule has 0 spiro atoms. The number of aldehydes is 1. The van der Waals surface area contributed by atoms with Gasteiger partial charge in [-0.15, -0.1) is 0 Å². The van der Waals surface area contributed by atoms with Gasteiger partial charge in [0.05, 0.1) is 12.1 Å². The van der Waals surface area contributed by atoms with Crippen molar-refractivity contribution in [3.05, 3.63) is 0 Å². The van der Waals surface area contributed by atoms with E-state index in [9.17, 15) is 9.59 Å². The molecule has 102 valence electrons. The van der Waals surface area contributed by atoms with Crippen LogP contribution in [0.25, 0.3) is 0 Å². The summed E-state index contributed by atoms with van der Waals surface area (Å²) in [7, 11) is 0. The number of likely N-dealkylation sites (tertiary alicyclic amines) is 2. The van der Waals surface area contributed by atoms with E-state index in [-0.39, 0.29) is 18.0 Å². The minimum atomic E-state index is -0.140. The van der Waals surface area contributed by atoms with E-state index < -0.39 is 0 Å². The van der Waals surface area contributed by atoms with Crippen LogP contribution in [0.3, 0.4) is 0 Å². The first-order valence-corrected chi connectivity index (χ1v) is 7.24. The van der Waals surface area contributed by atoms with Gasteiger partial charge in [-0.25, -0.2) is 0 Å². The lowest BCUT2D eigenvalue weighted by molar-refractivity contribution is -0.139. The van der Waals surface area contributed by atoms with Crippen molar-refractivity contribution in [3.63, 3.8) is 0 Å². The summed E-state index contributed by atoms with van der Waals surface area (Å²) in [6.45, 7) is 4.62. The van der Waals surface area contributed by atoms with Gasteiger partial charge in [0, 0.05) is 13.1 Å². The Balaban J connectivity index is 1.97. The van der Waals surface area contributed by atoms with E-state index in [1.165, 1.54) is 6.42 Å². The first-order valence-electron chi connectivity index (χ1n) is 7.24. The fraction of sp³-hybridized carbons (Fsp3) is 0.857. The van der Waals surface area contributed by atoms with Gasteiger partial charge in [-0.05, 0) is 45.6 Å². The van der Waals surface area contributed by atoms with Crippen LogP contribution in [0.2, 0.25) is 0 Å². The maximum absolute atomic E-state index is 12.4. The molecule has 2 aliphatic heterocycles. The quantitative estimate of drug-likeness (QED) is 0.714. The van der Waals surface area contributed by atoms with Crippen molar-refractivity contribution in [2.75, 3.05) is 19.6 Å². The van der Waals surface area contributed by atoms with Crippen molar-refractivity contribution < 1.29 is 9.59 Å². The predicted octanol–water partition coefficient (Wildman–Crippen LogP) is 1.44. The first kappa shape index (κ1) is 13.5. The van der Waals surface area contributed by atoms with E-state index in [0.29, 0.717) is 0 Å². The van der Waals surface area contributed by atoms with Crippen molar-refractivity contribution in [3.8, 4) is 0 Å². The minimum Gasteiger partial charge on any atom is -0.341 e. The predicted molar refractivity (Wildman–Crippen MR) is 70.3 cm³/mol. The van der Waals surface area contributed by atoms with Gasteiger partial charge in [-0.3, -0.25) is 9.69 Å². The summed E-state index contributed by atoms with van der Waals surface area (Å²) in [5.74, 6) is 0.212. The fourth-order valence-electron chi connectivity index (χ4n) is 3.13. The standard InChI is InChI=1S/C14H24N2O2/c1-12(14(18)15-8-4-2-5-9-15)16-10-6-3-7-13(16)11-17/h11-13H,2-10H2,1H3. The van der Waals surface area contributed by atoms with Crippen molar-refractivity contribution >= 4 is 12.2 Å². The summed E-state index contributed by atoms with van der Waals surface area (Å²) in [6.07, 6.45) is 7.59. The molecule has 2 aliphatic rings. The topological polar surface area (TPSA) is 40.6 Å². The number of hydrogen-bond acceptors (Lipinski definition) is 3. The Kier molecular flexibility index (Phi) is 4.75. The third kappa shape index (κ3) is 2.91.